The number of carbonyl (C=O) groups is 2. The number of aryl methyl sites for hydroxylation is 2. The van der Waals surface area contributed by atoms with Crippen LogP contribution < -0.4 is 16.0 Å². The second kappa shape index (κ2) is 9.95. The third-order valence-electron chi connectivity index (χ3n) is 5.17. The summed E-state index contributed by atoms with van der Waals surface area (Å²) in [5, 5.41) is 2.90. The monoisotopic (exact) mass is 417 g/mol. The highest BCUT2D eigenvalue weighted by molar-refractivity contribution is 5.95. The molecule has 0 atom stereocenters. The Morgan fingerprint density at radius 1 is 1.10 bits per heavy atom. The number of pyridine rings is 2. The first-order valence-corrected chi connectivity index (χ1v) is 10.1. The average Bonchev–Trinajstić information content (AvgIpc) is 2.78. The molecule has 3 aromatic rings. The fourth-order valence-corrected chi connectivity index (χ4v) is 3.30. The normalized spacial score (nSPS) is 10.6. The maximum Gasteiger partial charge on any atom is 0.253 e. The summed E-state index contributed by atoms with van der Waals surface area (Å²) >= 11 is 0. The highest BCUT2D eigenvalue weighted by Gasteiger charge is 2.13. The van der Waals surface area contributed by atoms with E-state index in [1.54, 1.807) is 30.4 Å². The van der Waals surface area contributed by atoms with E-state index in [1.165, 1.54) is 0 Å². The van der Waals surface area contributed by atoms with Gasteiger partial charge in [0, 0.05) is 55.9 Å². The minimum atomic E-state index is -0.186. The molecule has 160 valence electrons. The number of aromatic nitrogens is 2. The molecule has 0 bridgehead atoms. The molecule has 1 aromatic carbocycles. The van der Waals surface area contributed by atoms with Gasteiger partial charge in [-0.15, -0.1) is 0 Å². The Hall–Kier alpha value is -3.58. The zero-order chi connectivity index (χ0) is 22.4. The van der Waals surface area contributed by atoms with E-state index in [-0.39, 0.29) is 11.8 Å². The van der Waals surface area contributed by atoms with Gasteiger partial charge in [0.05, 0.1) is 11.3 Å². The first-order chi connectivity index (χ1) is 14.9. The Morgan fingerprint density at radius 2 is 1.90 bits per heavy atom. The number of carbonyl (C=O) groups excluding carboxylic acids is 2. The van der Waals surface area contributed by atoms with Crippen molar-refractivity contribution in [2.45, 2.75) is 26.8 Å². The van der Waals surface area contributed by atoms with E-state index in [0.717, 1.165) is 33.8 Å². The summed E-state index contributed by atoms with van der Waals surface area (Å²) in [6.45, 7) is 4.60. The van der Waals surface area contributed by atoms with Gasteiger partial charge in [0.25, 0.3) is 5.91 Å². The summed E-state index contributed by atoms with van der Waals surface area (Å²) in [6.07, 6.45) is 3.61. The van der Waals surface area contributed by atoms with Crippen LogP contribution in [0.2, 0.25) is 0 Å². The molecule has 0 saturated heterocycles. The van der Waals surface area contributed by atoms with Crippen LogP contribution in [0.3, 0.4) is 0 Å². The third kappa shape index (κ3) is 5.32. The fourth-order valence-electron chi connectivity index (χ4n) is 3.30. The van der Waals surface area contributed by atoms with Crippen LogP contribution in [0.25, 0.3) is 11.3 Å². The molecule has 2 amide bonds. The molecule has 3 N–H and O–H groups in total. The van der Waals surface area contributed by atoms with E-state index in [1.807, 2.05) is 50.2 Å². The van der Waals surface area contributed by atoms with Crippen LogP contribution in [-0.2, 0) is 11.3 Å². The van der Waals surface area contributed by atoms with E-state index in [2.05, 4.69) is 15.3 Å². The second-order valence-electron chi connectivity index (χ2n) is 7.36. The molecule has 7 nitrogen and oxygen atoms in total. The lowest BCUT2D eigenvalue weighted by molar-refractivity contribution is -0.118. The standard InChI is InChI=1S/C24H27N5O2/c1-16-13-18(7-9-22(16)29(3)23(30)10-11-25)21-8-6-20(15-27-21)24(31)28-14-19-5-4-12-26-17(19)2/h4-9,12-13,15H,10-11,14,25H2,1-3H3,(H,28,31). The summed E-state index contributed by atoms with van der Waals surface area (Å²) in [6, 6.07) is 13.2. The number of amides is 2. The lowest BCUT2D eigenvalue weighted by Gasteiger charge is -2.20. The fraction of sp³-hybridized carbons (Fsp3) is 0.250. The molecule has 0 aliphatic carbocycles. The molecule has 0 spiro atoms. The van der Waals surface area contributed by atoms with Crippen molar-refractivity contribution in [3.05, 3.63) is 77.2 Å². The van der Waals surface area contributed by atoms with Crippen LogP contribution in [-0.4, -0.2) is 35.4 Å². The second-order valence-corrected chi connectivity index (χ2v) is 7.36. The molecule has 2 aromatic heterocycles. The number of rotatable bonds is 7. The van der Waals surface area contributed by atoms with Gasteiger partial charge in [0.1, 0.15) is 0 Å². The van der Waals surface area contributed by atoms with E-state index in [0.29, 0.717) is 25.1 Å². The largest absolute Gasteiger partial charge is 0.348 e. The van der Waals surface area contributed by atoms with E-state index in [9.17, 15) is 9.59 Å². The summed E-state index contributed by atoms with van der Waals surface area (Å²) in [4.78, 5) is 34.9. The van der Waals surface area contributed by atoms with Crippen molar-refractivity contribution in [2.75, 3.05) is 18.5 Å². The van der Waals surface area contributed by atoms with Crippen LogP contribution in [0.15, 0.2) is 54.9 Å². The Balaban J connectivity index is 1.69. The minimum Gasteiger partial charge on any atom is -0.348 e. The van der Waals surface area contributed by atoms with Gasteiger partial charge >= 0.3 is 0 Å². The van der Waals surface area contributed by atoms with Crippen molar-refractivity contribution in [1.82, 2.24) is 15.3 Å². The molecule has 0 aliphatic rings. The summed E-state index contributed by atoms with van der Waals surface area (Å²) in [5.41, 5.74) is 11.3. The zero-order valence-electron chi connectivity index (χ0n) is 18.1. The van der Waals surface area contributed by atoms with Gasteiger partial charge in [-0.2, -0.15) is 0 Å². The number of hydrogen-bond donors (Lipinski definition) is 2. The number of hydrogen-bond acceptors (Lipinski definition) is 5. The van der Waals surface area contributed by atoms with E-state index >= 15 is 0 Å². The lowest BCUT2D eigenvalue weighted by Crippen LogP contribution is -2.28. The third-order valence-corrected chi connectivity index (χ3v) is 5.17. The zero-order valence-corrected chi connectivity index (χ0v) is 18.1. The molecule has 31 heavy (non-hydrogen) atoms. The van der Waals surface area contributed by atoms with Crippen molar-refractivity contribution in [2.24, 2.45) is 5.73 Å². The van der Waals surface area contributed by atoms with Gasteiger partial charge in [0.2, 0.25) is 5.91 Å². The molecule has 0 aliphatic heterocycles. The van der Waals surface area contributed by atoms with Crippen molar-refractivity contribution in [1.29, 1.82) is 0 Å². The molecular formula is C24H27N5O2. The Labute approximate surface area is 182 Å². The molecule has 0 saturated carbocycles. The van der Waals surface area contributed by atoms with Crippen LogP contribution in [0.4, 0.5) is 5.69 Å². The SMILES string of the molecule is Cc1cc(-c2ccc(C(=O)NCc3cccnc3C)cn2)ccc1N(C)C(=O)CCN. The van der Waals surface area contributed by atoms with Crippen molar-refractivity contribution >= 4 is 17.5 Å². The van der Waals surface area contributed by atoms with Gasteiger partial charge in [0.15, 0.2) is 0 Å². The quantitative estimate of drug-likeness (QED) is 0.615. The highest BCUT2D eigenvalue weighted by atomic mass is 16.2. The Kier molecular flexibility index (Phi) is 7.10. The van der Waals surface area contributed by atoms with Crippen LogP contribution >= 0.6 is 0 Å². The van der Waals surface area contributed by atoms with Gasteiger partial charge in [-0.25, -0.2) is 0 Å². The van der Waals surface area contributed by atoms with Gasteiger partial charge in [-0.3, -0.25) is 19.6 Å². The smallest absolute Gasteiger partial charge is 0.253 e. The van der Waals surface area contributed by atoms with Crippen molar-refractivity contribution < 1.29 is 9.59 Å². The van der Waals surface area contributed by atoms with Gasteiger partial charge in [-0.05, 0) is 55.3 Å². The maximum atomic E-state index is 12.5. The molecule has 7 heteroatoms. The van der Waals surface area contributed by atoms with Crippen molar-refractivity contribution in [3.63, 3.8) is 0 Å². The molecule has 3 rings (SSSR count). The van der Waals surface area contributed by atoms with Crippen molar-refractivity contribution in [3.8, 4) is 11.3 Å². The molecule has 0 fully saturated rings. The first-order valence-electron chi connectivity index (χ1n) is 10.1. The summed E-state index contributed by atoms with van der Waals surface area (Å²) < 4.78 is 0. The molecule has 0 unspecified atom stereocenters. The first kappa shape index (κ1) is 22.1. The number of nitrogens with two attached hydrogens (primary N) is 1. The van der Waals surface area contributed by atoms with E-state index < -0.39 is 0 Å². The molecular weight excluding hydrogens is 390 g/mol. The van der Waals surface area contributed by atoms with Crippen LogP contribution in [0.5, 0.6) is 0 Å². The predicted octanol–water partition coefficient (Wildman–Crippen LogP) is 3.00. The Morgan fingerprint density at radius 3 is 2.55 bits per heavy atom. The molecule has 0 radical (unpaired) electrons. The van der Waals surface area contributed by atoms with Gasteiger partial charge in [-0.1, -0.05) is 12.1 Å². The number of nitrogens with one attached hydrogen (secondary N) is 1. The number of benzene rings is 1. The van der Waals surface area contributed by atoms with E-state index in [4.69, 9.17) is 5.73 Å². The topological polar surface area (TPSA) is 101 Å². The maximum absolute atomic E-state index is 12.5. The summed E-state index contributed by atoms with van der Waals surface area (Å²) in [5.74, 6) is -0.206. The lowest BCUT2D eigenvalue weighted by atomic mass is 10.0. The Bertz CT molecular complexity index is 1080. The minimum absolute atomic E-state index is 0.0201. The van der Waals surface area contributed by atoms with Crippen LogP contribution in [0, 0.1) is 13.8 Å². The summed E-state index contributed by atoms with van der Waals surface area (Å²) in [7, 11) is 1.75. The van der Waals surface area contributed by atoms with Gasteiger partial charge < -0.3 is 16.0 Å². The predicted molar refractivity (Wildman–Crippen MR) is 122 cm³/mol. The number of anilines is 1. The number of nitrogens with zero attached hydrogens (tertiary/aromatic N) is 3. The molecule has 2 heterocycles. The van der Waals surface area contributed by atoms with Crippen LogP contribution in [0.1, 0.15) is 33.6 Å². The average molecular weight is 418 g/mol. The highest BCUT2D eigenvalue weighted by Crippen LogP contribution is 2.26.